The SMILES string of the molecule is CCn1c2ccc(OCCC3CCN(C)CC3)cc2c2cc(OCCC3CCN(C)CC3)ccc21. The molecule has 1 aromatic heterocycles. The van der Waals surface area contributed by atoms with E-state index in [9.17, 15) is 0 Å². The van der Waals surface area contributed by atoms with Gasteiger partial charge in [0.1, 0.15) is 11.5 Å². The maximum absolute atomic E-state index is 6.25. The quantitative estimate of drug-likeness (QED) is 0.376. The van der Waals surface area contributed by atoms with E-state index in [4.69, 9.17) is 9.47 Å². The van der Waals surface area contributed by atoms with Crippen LogP contribution in [-0.2, 0) is 6.54 Å². The van der Waals surface area contributed by atoms with Gasteiger partial charge < -0.3 is 23.8 Å². The summed E-state index contributed by atoms with van der Waals surface area (Å²) in [5.41, 5.74) is 2.54. The molecule has 3 heterocycles. The van der Waals surface area contributed by atoms with Crippen molar-refractivity contribution in [2.24, 2.45) is 11.8 Å². The molecule has 3 aromatic rings. The molecule has 2 fully saturated rings. The summed E-state index contributed by atoms with van der Waals surface area (Å²) >= 11 is 0. The zero-order chi connectivity index (χ0) is 24.2. The average molecular weight is 478 g/mol. The minimum absolute atomic E-state index is 0.797. The highest BCUT2D eigenvalue weighted by Gasteiger charge is 2.18. The van der Waals surface area contributed by atoms with Gasteiger partial charge in [-0.1, -0.05) is 0 Å². The van der Waals surface area contributed by atoms with Crippen LogP contribution in [0.4, 0.5) is 0 Å². The number of nitrogens with zero attached hydrogens (tertiary/aromatic N) is 3. The Hall–Kier alpha value is -2.24. The maximum Gasteiger partial charge on any atom is 0.120 e. The number of likely N-dealkylation sites (tertiary alicyclic amines) is 2. The van der Waals surface area contributed by atoms with Crippen LogP contribution in [0, 0.1) is 11.8 Å². The normalized spacial score (nSPS) is 19.1. The Morgan fingerprint density at radius 2 is 1.11 bits per heavy atom. The van der Waals surface area contributed by atoms with Gasteiger partial charge in [-0.25, -0.2) is 0 Å². The van der Waals surface area contributed by atoms with Crippen LogP contribution in [0.2, 0.25) is 0 Å². The number of fused-ring (bicyclic) bond motifs is 3. The van der Waals surface area contributed by atoms with Crippen LogP contribution < -0.4 is 9.47 Å². The molecule has 0 bridgehead atoms. The minimum Gasteiger partial charge on any atom is -0.494 e. The third-order valence-electron chi connectivity index (χ3n) is 8.39. The van der Waals surface area contributed by atoms with Crippen LogP contribution in [0.25, 0.3) is 21.8 Å². The summed E-state index contributed by atoms with van der Waals surface area (Å²) in [7, 11) is 4.45. The molecule has 0 aliphatic carbocycles. The first-order chi connectivity index (χ1) is 17.1. The van der Waals surface area contributed by atoms with Gasteiger partial charge in [0.05, 0.1) is 13.2 Å². The lowest BCUT2D eigenvalue weighted by Gasteiger charge is -2.28. The summed E-state index contributed by atoms with van der Waals surface area (Å²) < 4.78 is 14.9. The van der Waals surface area contributed by atoms with Gasteiger partial charge in [0.25, 0.3) is 0 Å². The highest BCUT2D eigenvalue weighted by Crippen LogP contribution is 2.34. The van der Waals surface area contributed by atoms with E-state index in [-0.39, 0.29) is 0 Å². The maximum atomic E-state index is 6.25. The Bertz CT molecular complexity index is 1020. The van der Waals surface area contributed by atoms with Crippen molar-refractivity contribution in [1.82, 2.24) is 14.4 Å². The molecule has 0 spiro atoms. The number of aryl methyl sites for hydroxylation is 1. The fourth-order valence-corrected chi connectivity index (χ4v) is 5.97. The molecule has 35 heavy (non-hydrogen) atoms. The first kappa shape index (κ1) is 24.5. The molecule has 0 unspecified atom stereocenters. The van der Waals surface area contributed by atoms with Crippen molar-refractivity contribution in [2.45, 2.75) is 52.0 Å². The number of rotatable bonds is 9. The smallest absolute Gasteiger partial charge is 0.120 e. The van der Waals surface area contributed by atoms with Gasteiger partial charge in [-0.3, -0.25) is 0 Å². The number of hydrogen-bond donors (Lipinski definition) is 0. The van der Waals surface area contributed by atoms with E-state index in [0.29, 0.717) is 0 Å². The lowest BCUT2D eigenvalue weighted by molar-refractivity contribution is 0.187. The van der Waals surface area contributed by atoms with E-state index >= 15 is 0 Å². The third-order valence-corrected chi connectivity index (χ3v) is 8.39. The van der Waals surface area contributed by atoms with Crippen molar-refractivity contribution >= 4 is 21.8 Å². The first-order valence-corrected chi connectivity index (χ1v) is 13.8. The van der Waals surface area contributed by atoms with Gasteiger partial charge in [0.2, 0.25) is 0 Å². The third kappa shape index (κ3) is 5.78. The number of piperidine rings is 2. The predicted octanol–water partition coefficient (Wildman–Crippen LogP) is 6.04. The second kappa shape index (κ2) is 11.2. The summed E-state index contributed by atoms with van der Waals surface area (Å²) in [5, 5.41) is 2.53. The highest BCUT2D eigenvalue weighted by molar-refractivity contribution is 6.09. The zero-order valence-electron chi connectivity index (χ0n) is 22.0. The first-order valence-electron chi connectivity index (χ1n) is 13.8. The van der Waals surface area contributed by atoms with Gasteiger partial charge in [-0.2, -0.15) is 0 Å². The molecular weight excluding hydrogens is 434 g/mol. The molecule has 5 rings (SSSR count). The Kier molecular flexibility index (Phi) is 7.84. The molecule has 0 amide bonds. The molecule has 5 heteroatoms. The van der Waals surface area contributed by atoms with Crippen LogP contribution in [0.5, 0.6) is 11.5 Å². The van der Waals surface area contributed by atoms with E-state index in [1.54, 1.807) is 0 Å². The van der Waals surface area contributed by atoms with Gasteiger partial charge in [0, 0.05) is 28.4 Å². The second-order valence-electron chi connectivity index (χ2n) is 10.9. The lowest BCUT2D eigenvalue weighted by Crippen LogP contribution is -2.30. The van der Waals surface area contributed by atoms with Gasteiger partial charge in [-0.05, 0) is 134 Å². The van der Waals surface area contributed by atoms with E-state index in [1.165, 1.54) is 73.7 Å². The van der Waals surface area contributed by atoms with Crippen LogP contribution >= 0.6 is 0 Å². The molecule has 0 N–H and O–H groups in total. The monoisotopic (exact) mass is 477 g/mol. The number of ether oxygens (including phenoxy) is 2. The van der Waals surface area contributed by atoms with Crippen molar-refractivity contribution < 1.29 is 9.47 Å². The van der Waals surface area contributed by atoms with Crippen molar-refractivity contribution in [1.29, 1.82) is 0 Å². The summed E-state index contributed by atoms with van der Waals surface area (Å²) in [6.45, 7) is 9.65. The van der Waals surface area contributed by atoms with Gasteiger partial charge >= 0.3 is 0 Å². The molecule has 2 saturated heterocycles. The van der Waals surface area contributed by atoms with Crippen molar-refractivity contribution in [3.63, 3.8) is 0 Å². The van der Waals surface area contributed by atoms with Crippen LogP contribution in [0.15, 0.2) is 36.4 Å². The summed E-state index contributed by atoms with van der Waals surface area (Å²) in [6, 6.07) is 13.2. The Morgan fingerprint density at radius 1 is 0.686 bits per heavy atom. The fourth-order valence-electron chi connectivity index (χ4n) is 5.97. The Morgan fingerprint density at radius 3 is 1.51 bits per heavy atom. The van der Waals surface area contributed by atoms with Crippen molar-refractivity contribution in [2.75, 3.05) is 53.5 Å². The molecule has 0 saturated carbocycles. The standard InChI is InChI=1S/C30H43N3O2/c1-4-33-29-7-5-25(34-19-13-23-9-15-31(2)16-10-23)21-27(29)28-22-26(6-8-30(28)33)35-20-14-24-11-17-32(3)18-12-24/h5-8,21-24H,4,9-20H2,1-3H3. The highest BCUT2D eigenvalue weighted by atomic mass is 16.5. The molecule has 0 radical (unpaired) electrons. The van der Waals surface area contributed by atoms with Crippen LogP contribution in [0.1, 0.15) is 45.4 Å². The number of aromatic nitrogens is 1. The van der Waals surface area contributed by atoms with Crippen molar-refractivity contribution in [3.8, 4) is 11.5 Å². The summed E-state index contributed by atoms with van der Waals surface area (Å²) in [5.74, 6) is 3.56. The Labute approximate surface area is 211 Å². The van der Waals surface area contributed by atoms with E-state index in [0.717, 1.165) is 55.9 Å². The van der Waals surface area contributed by atoms with E-state index < -0.39 is 0 Å². The van der Waals surface area contributed by atoms with E-state index in [2.05, 4.69) is 71.8 Å². The van der Waals surface area contributed by atoms with Crippen LogP contribution in [-0.4, -0.2) is 67.9 Å². The second-order valence-corrected chi connectivity index (χ2v) is 10.9. The number of benzene rings is 2. The molecule has 0 atom stereocenters. The minimum atomic E-state index is 0.797. The molecule has 190 valence electrons. The summed E-state index contributed by atoms with van der Waals surface area (Å²) in [6.07, 6.45) is 7.48. The summed E-state index contributed by atoms with van der Waals surface area (Å²) in [4.78, 5) is 4.86. The predicted molar refractivity (Wildman–Crippen MR) is 146 cm³/mol. The zero-order valence-corrected chi connectivity index (χ0v) is 22.0. The van der Waals surface area contributed by atoms with Gasteiger partial charge in [-0.15, -0.1) is 0 Å². The molecular formula is C30H43N3O2. The Balaban J connectivity index is 1.26. The average Bonchev–Trinajstić information content (AvgIpc) is 3.19. The number of hydrogen-bond acceptors (Lipinski definition) is 4. The van der Waals surface area contributed by atoms with Crippen molar-refractivity contribution in [3.05, 3.63) is 36.4 Å². The fraction of sp³-hybridized carbons (Fsp3) is 0.600. The lowest BCUT2D eigenvalue weighted by atomic mass is 9.94. The van der Waals surface area contributed by atoms with Gasteiger partial charge in [0.15, 0.2) is 0 Å². The molecule has 2 aliphatic heterocycles. The topological polar surface area (TPSA) is 29.9 Å². The van der Waals surface area contributed by atoms with E-state index in [1.807, 2.05) is 0 Å². The molecule has 2 aromatic carbocycles. The molecule has 2 aliphatic rings. The van der Waals surface area contributed by atoms with Crippen LogP contribution in [0.3, 0.4) is 0 Å². The largest absolute Gasteiger partial charge is 0.494 e. The molecule has 5 nitrogen and oxygen atoms in total.